The van der Waals surface area contributed by atoms with Crippen molar-refractivity contribution >= 4 is 10.0 Å². The van der Waals surface area contributed by atoms with Gasteiger partial charge in [-0.2, -0.15) is 10.4 Å². The Kier molecular flexibility index (Phi) is 3.83. The smallest absolute Gasteiger partial charge is 0.242 e. The van der Waals surface area contributed by atoms with Crippen LogP contribution in [0.2, 0.25) is 0 Å². The fourth-order valence-electron chi connectivity index (χ4n) is 1.58. The average Bonchev–Trinajstić information content (AvgIpc) is 2.77. The van der Waals surface area contributed by atoms with E-state index in [1.54, 1.807) is 17.9 Å². The number of sulfonamides is 1. The number of nitriles is 1. The van der Waals surface area contributed by atoms with Crippen molar-refractivity contribution in [2.75, 3.05) is 0 Å². The Labute approximate surface area is 116 Å². The number of aryl methyl sites for hydroxylation is 1. The maximum atomic E-state index is 12.1. The lowest BCUT2D eigenvalue weighted by Crippen LogP contribution is -2.23. The van der Waals surface area contributed by atoms with E-state index >= 15 is 0 Å². The monoisotopic (exact) mass is 291 g/mol. The van der Waals surface area contributed by atoms with Gasteiger partial charge in [0.05, 0.1) is 6.20 Å². The molecule has 0 atom stereocenters. The zero-order valence-corrected chi connectivity index (χ0v) is 11.8. The summed E-state index contributed by atoms with van der Waals surface area (Å²) in [7, 11) is -1.86. The topological polar surface area (TPSA) is 101 Å². The minimum absolute atomic E-state index is 0.0260. The van der Waals surface area contributed by atoms with Crippen LogP contribution in [0.1, 0.15) is 17.0 Å². The van der Waals surface area contributed by atoms with E-state index in [2.05, 4.69) is 14.8 Å². The van der Waals surface area contributed by atoms with Crippen molar-refractivity contribution in [2.24, 2.45) is 7.05 Å². The van der Waals surface area contributed by atoms with Crippen molar-refractivity contribution < 1.29 is 8.42 Å². The van der Waals surface area contributed by atoms with Gasteiger partial charge in [0.2, 0.25) is 10.0 Å². The van der Waals surface area contributed by atoms with Crippen LogP contribution >= 0.6 is 0 Å². The van der Waals surface area contributed by atoms with Gasteiger partial charge in [-0.1, -0.05) is 0 Å². The van der Waals surface area contributed by atoms with Crippen molar-refractivity contribution in [3.05, 3.63) is 41.5 Å². The molecule has 0 amide bonds. The number of nitrogens with one attached hydrogen (secondary N) is 1. The van der Waals surface area contributed by atoms with Crippen molar-refractivity contribution in [1.29, 1.82) is 5.26 Å². The fourth-order valence-corrected chi connectivity index (χ4v) is 2.53. The highest BCUT2D eigenvalue weighted by atomic mass is 32.2. The zero-order valence-electron chi connectivity index (χ0n) is 11.0. The molecule has 2 aromatic rings. The highest BCUT2D eigenvalue weighted by molar-refractivity contribution is 7.89. The Morgan fingerprint density at radius 1 is 1.40 bits per heavy atom. The Hall–Kier alpha value is -2.24. The summed E-state index contributed by atoms with van der Waals surface area (Å²) in [4.78, 5) is 3.77. The van der Waals surface area contributed by atoms with Gasteiger partial charge in [-0.05, 0) is 19.1 Å². The lowest BCUT2D eigenvalue weighted by molar-refractivity contribution is 0.580. The second-order valence-electron chi connectivity index (χ2n) is 4.19. The molecule has 0 saturated heterocycles. The highest BCUT2D eigenvalue weighted by Gasteiger charge is 2.15. The van der Waals surface area contributed by atoms with Crippen LogP contribution < -0.4 is 4.72 Å². The SMILES string of the molecule is Cc1c(CNS(=O)(=O)c2ccc(C#N)nc2)cnn1C. The van der Waals surface area contributed by atoms with E-state index in [-0.39, 0.29) is 17.1 Å². The summed E-state index contributed by atoms with van der Waals surface area (Å²) in [5.74, 6) is 0. The van der Waals surface area contributed by atoms with Crippen molar-refractivity contribution in [3.8, 4) is 6.07 Å². The van der Waals surface area contributed by atoms with Gasteiger partial charge in [0, 0.05) is 31.0 Å². The average molecular weight is 291 g/mol. The Bertz CT molecular complexity index is 756. The van der Waals surface area contributed by atoms with Crippen LogP contribution in [-0.4, -0.2) is 23.2 Å². The summed E-state index contributed by atoms with van der Waals surface area (Å²) in [6, 6.07) is 4.55. The van der Waals surface area contributed by atoms with Crippen LogP contribution in [-0.2, 0) is 23.6 Å². The van der Waals surface area contributed by atoms with Crippen molar-refractivity contribution in [2.45, 2.75) is 18.4 Å². The number of hydrogen-bond acceptors (Lipinski definition) is 5. The molecule has 0 spiro atoms. The van der Waals surface area contributed by atoms with E-state index < -0.39 is 10.0 Å². The molecule has 0 fully saturated rings. The van der Waals surface area contributed by atoms with Gasteiger partial charge in [0.25, 0.3) is 0 Å². The third-order valence-corrected chi connectivity index (χ3v) is 4.34. The fraction of sp³-hybridized carbons (Fsp3) is 0.250. The number of aromatic nitrogens is 3. The maximum Gasteiger partial charge on any atom is 0.242 e. The summed E-state index contributed by atoms with van der Waals surface area (Å²) >= 11 is 0. The van der Waals surface area contributed by atoms with Crippen LogP contribution in [0, 0.1) is 18.3 Å². The van der Waals surface area contributed by atoms with Crippen LogP contribution in [0.5, 0.6) is 0 Å². The highest BCUT2D eigenvalue weighted by Crippen LogP contribution is 2.10. The predicted octanol–water partition coefficient (Wildman–Crippen LogP) is 0.474. The zero-order chi connectivity index (χ0) is 14.8. The first-order valence-electron chi connectivity index (χ1n) is 5.77. The molecule has 0 aliphatic carbocycles. The van der Waals surface area contributed by atoms with Gasteiger partial charge < -0.3 is 0 Å². The molecule has 0 bridgehead atoms. The summed E-state index contributed by atoms with van der Waals surface area (Å²) in [6.07, 6.45) is 2.78. The van der Waals surface area contributed by atoms with E-state index in [1.807, 2.05) is 13.0 Å². The number of hydrogen-bond donors (Lipinski definition) is 1. The quantitative estimate of drug-likeness (QED) is 0.882. The van der Waals surface area contributed by atoms with Gasteiger partial charge in [0.1, 0.15) is 16.7 Å². The van der Waals surface area contributed by atoms with Crippen LogP contribution in [0.4, 0.5) is 0 Å². The lowest BCUT2D eigenvalue weighted by Gasteiger charge is -2.06. The Morgan fingerprint density at radius 2 is 2.15 bits per heavy atom. The minimum Gasteiger partial charge on any atom is -0.273 e. The third-order valence-electron chi connectivity index (χ3n) is 2.95. The molecule has 104 valence electrons. The second kappa shape index (κ2) is 5.40. The lowest BCUT2D eigenvalue weighted by atomic mass is 10.3. The van der Waals surface area contributed by atoms with Crippen LogP contribution in [0.3, 0.4) is 0 Å². The van der Waals surface area contributed by atoms with Crippen LogP contribution in [0.15, 0.2) is 29.4 Å². The molecule has 0 saturated carbocycles. The van der Waals surface area contributed by atoms with E-state index in [0.29, 0.717) is 0 Å². The van der Waals surface area contributed by atoms with Gasteiger partial charge >= 0.3 is 0 Å². The molecule has 0 radical (unpaired) electrons. The van der Waals surface area contributed by atoms with Crippen molar-refractivity contribution in [3.63, 3.8) is 0 Å². The molecule has 0 aliphatic heterocycles. The first-order chi connectivity index (χ1) is 9.44. The molecule has 2 heterocycles. The molecular formula is C12H13N5O2S. The third kappa shape index (κ3) is 2.84. The molecular weight excluding hydrogens is 278 g/mol. The summed E-state index contributed by atoms with van der Waals surface area (Å²) in [5, 5.41) is 12.7. The molecule has 8 heteroatoms. The Balaban J connectivity index is 2.15. The molecule has 2 rings (SSSR count). The minimum atomic E-state index is -3.65. The first-order valence-corrected chi connectivity index (χ1v) is 7.25. The van der Waals surface area contributed by atoms with Gasteiger partial charge in [-0.25, -0.2) is 18.1 Å². The molecule has 2 aromatic heterocycles. The Morgan fingerprint density at radius 3 is 2.65 bits per heavy atom. The van der Waals surface area contributed by atoms with Crippen LogP contribution in [0.25, 0.3) is 0 Å². The first kappa shape index (κ1) is 14.2. The molecule has 0 aromatic carbocycles. The normalized spacial score (nSPS) is 11.2. The van der Waals surface area contributed by atoms with E-state index in [4.69, 9.17) is 5.26 Å². The molecule has 1 N–H and O–H groups in total. The van der Waals surface area contributed by atoms with Gasteiger partial charge in [-0.15, -0.1) is 0 Å². The number of rotatable bonds is 4. The maximum absolute atomic E-state index is 12.1. The largest absolute Gasteiger partial charge is 0.273 e. The predicted molar refractivity (Wildman–Crippen MR) is 70.9 cm³/mol. The summed E-state index contributed by atoms with van der Waals surface area (Å²) in [5.41, 5.74) is 1.87. The van der Waals surface area contributed by atoms with E-state index in [9.17, 15) is 8.42 Å². The van der Waals surface area contributed by atoms with Crippen molar-refractivity contribution in [1.82, 2.24) is 19.5 Å². The second-order valence-corrected chi connectivity index (χ2v) is 5.96. The molecule has 20 heavy (non-hydrogen) atoms. The molecule has 0 aliphatic rings. The standard InChI is InChI=1S/C12H13N5O2S/c1-9-10(6-15-17(9)2)7-16-20(18,19)12-4-3-11(5-13)14-8-12/h3-4,6,8,16H,7H2,1-2H3. The van der Waals surface area contributed by atoms with Gasteiger partial charge in [-0.3, -0.25) is 4.68 Å². The molecule has 7 nitrogen and oxygen atoms in total. The summed E-state index contributed by atoms with van der Waals surface area (Å²) in [6.45, 7) is 2.02. The van der Waals surface area contributed by atoms with E-state index in [1.165, 1.54) is 12.1 Å². The van der Waals surface area contributed by atoms with Gasteiger partial charge in [0.15, 0.2) is 0 Å². The summed E-state index contributed by atoms with van der Waals surface area (Å²) < 4.78 is 28.3. The number of pyridine rings is 1. The molecule has 0 unspecified atom stereocenters. The van der Waals surface area contributed by atoms with E-state index in [0.717, 1.165) is 17.5 Å². The number of nitrogens with zero attached hydrogens (tertiary/aromatic N) is 4.